The van der Waals surface area contributed by atoms with Gasteiger partial charge >= 0.3 is 0 Å². The summed E-state index contributed by atoms with van der Waals surface area (Å²) in [5.41, 5.74) is 15.1. The summed E-state index contributed by atoms with van der Waals surface area (Å²) in [7, 11) is 0. The molecule has 2 aliphatic carbocycles. The monoisotopic (exact) mass is 1420 g/mol. The Morgan fingerprint density at radius 3 is 0.929 bits per heavy atom. The summed E-state index contributed by atoms with van der Waals surface area (Å²) in [4.78, 5) is 33.4. The number of aldehydes is 2. The average Bonchev–Trinajstić information content (AvgIpc) is 1.49. The van der Waals surface area contributed by atoms with Gasteiger partial charge in [0.1, 0.15) is 0 Å². The largest absolute Gasteiger partial charge is 0.297 e. The van der Waals surface area contributed by atoms with Gasteiger partial charge in [-0.1, -0.05) is 358 Å². The van der Waals surface area contributed by atoms with Crippen LogP contribution >= 0.6 is 56.7 Å². The van der Waals surface area contributed by atoms with E-state index in [1.54, 1.807) is 22.7 Å². The summed E-state index contributed by atoms with van der Waals surface area (Å²) < 4.78 is 5.24. The van der Waals surface area contributed by atoms with Crippen molar-refractivity contribution in [3.8, 4) is 19.5 Å². The van der Waals surface area contributed by atoms with Crippen LogP contribution in [0.2, 0.25) is 0 Å². The molecule has 4 unspecified atom stereocenters. The molecule has 0 bridgehead atoms. The minimum Gasteiger partial charge on any atom is -0.297 e. The molecule has 4 aromatic carbocycles. The van der Waals surface area contributed by atoms with Gasteiger partial charge in [0.15, 0.2) is 12.6 Å². The fraction of sp³-hybridized carbons (Fsp3) is 0.543. The molecule has 0 radical (unpaired) electrons. The molecular formula is C92H120O2S5. The van der Waals surface area contributed by atoms with Gasteiger partial charge in [-0.3, -0.25) is 9.59 Å². The zero-order valence-corrected chi connectivity index (χ0v) is 66.3. The molecule has 0 saturated heterocycles. The van der Waals surface area contributed by atoms with Gasteiger partial charge in [0.25, 0.3) is 0 Å². The number of carbonyl (C=O) groups excluding carboxylic acids is 2. The second-order valence-corrected chi connectivity index (χ2v) is 35.8. The highest BCUT2D eigenvalue weighted by Gasteiger charge is 2.56. The van der Waals surface area contributed by atoms with E-state index < -0.39 is 10.8 Å². The van der Waals surface area contributed by atoms with Crippen LogP contribution in [0.4, 0.5) is 0 Å². The van der Waals surface area contributed by atoms with Gasteiger partial charge in [0, 0.05) is 21.4 Å². The quantitative estimate of drug-likeness (QED) is 0.0281. The predicted octanol–water partition coefficient (Wildman–Crippen LogP) is 29.9. The molecule has 0 amide bonds. The Morgan fingerprint density at radius 1 is 0.293 bits per heavy atom. The van der Waals surface area contributed by atoms with Crippen molar-refractivity contribution in [2.45, 2.75) is 297 Å². The normalized spacial score (nSPS) is 16.7. The molecule has 2 nitrogen and oxygen atoms in total. The van der Waals surface area contributed by atoms with Crippen molar-refractivity contribution in [2.24, 2.45) is 23.7 Å². The first kappa shape index (κ1) is 75.4. The lowest BCUT2D eigenvalue weighted by Gasteiger charge is -2.34. The van der Waals surface area contributed by atoms with Crippen molar-refractivity contribution in [1.29, 1.82) is 0 Å². The molecule has 0 spiro atoms. The Bertz CT molecular complexity index is 3790. The summed E-state index contributed by atoms with van der Waals surface area (Å²) in [5.74, 6) is 2.73. The number of fused-ring (bicyclic) bond motifs is 11. The van der Waals surface area contributed by atoms with Crippen LogP contribution in [0.15, 0.2) is 109 Å². The molecule has 7 heteroatoms. The SMILES string of the molecule is CCCCCCC(CCCC)Cc1ccc(C2(c3ccc(CC(CCCC)CCCCCC)cc3)c3cc(C=O)sc3-c3sc4c5c(sc4c32)-c2sc3cc(C=O)sc3c2C5(c2ccc(CC(CCCC)CCCCCC)cc2)c2ccc(CC(CCCC)CCCCCC)cc2)cc1. The second kappa shape index (κ2) is 37.1. The Morgan fingerprint density at radius 2 is 0.586 bits per heavy atom. The molecule has 0 aliphatic heterocycles. The first-order valence-electron chi connectivity index (χ1n) is 40.3. The number of hydrogen-bond donors (Lipinski definition) is 0. The molecule has 99 heavy (non-hydrogen) atoms. The molecule has 5 heterocycles. The van der Waals surface area contributed by atoms with Crippen LogP contribution in [0.25, 0.3) is 38.3 Å². The predicted molar refractivity (Wildman–Crippen MR) is 438 cm³/mol. The number of unbranched alkanes of at least 4 members (excludes halogenated alkanes) is 16. The van der Waals surface area contributed by atoms with Crippen LogP contribution in [0.3, 0.4) is 0 Å². The molecule has 0 saturated carbocycles. The Labute approximate surface area is 619 Å². The minimum absolute atomic E-state index is 0.667. The van der Waals surface area contributed by atoms with Crippen LogP contribution in [0.5, 0.6) is 0 Å². The Kier molecular flexibility index (Phi) is 28.3. The number of hydrogen-bond acceptors (Lipinski definition) is 7. The van der Waals surface area contributed by atoms with Crippen LogP contribution in [0, 0.1) is 23.7 Å². The van der Waals surface area contributed by atoms with E-state index in [1.165, 1.54) is 311 Å². The maximum atomic E-state index is 13.5. The average molecular weight is 1420 g/mol. The third kappa shape index (κ3) is 16.8. The lowest BCUT2D eigenvalue weighted by atomic mass is 9.67. The molecule has 0 N–H and O–H groups in total. The van der Waals surface area contributed by atoms with Crippen LogP contribution in [-0.4, -0.2) is 12.6 Å². The van der Waals surface area contributed by atoms with Crippen molar-refractivity contribution in [2.75, 3.05) is 0 Å². The standard InChI is InChI=1S/C92H120O2S5/c1-9-17-25-29-37-65(33-21-13-5)57-69-41-49-73(50-42-69)91(74-51-43-70(44-52-74)58-66(34-22-14-6)38-30-26-18-10-2)79-61-77(63-93)95-84(79)86-82(91)88-90(98-86)83-89(99-88)87-81(85-80(97-87)62-78(64-94)96-85)92(83,75-53-45-71(46-54-75)59-67(35-23-15-7)39-31-27-19-11-3)76-55-47-72(48-56-76)60-68(36-24-16-8)40-32-28-20-12-4/h41-56,61-68H,9-40,57-60H2,1-8H3. The van der Waals surface area contributed by atoms with E-state index >= 15 is 0 Å². The zero-order chi connectivity index (χ0) is 69.1. The van der Waals surface area contributed by atoms with Crippen molar-refractivity contribution < 1.29 is 9.59 Å². The first-order chi connectivity index (χ1) is 48.6. The van der Waals surface area contributed by atoms with Crippen molar-refractivity contribution in [3.05, 3.63) is 186 Å². The van der Waals surface area contributed by atoms with Crippen molar-refractivity contribution in [1.82, 2.24) is 0 Å². The fourth-order valence-electron chi connectivity index (χ4n) is 17.8. The zero-order valence-electron chi connectivity index (χ0n) is 62.2. The van der Waals surface area contributed by atoms with Gasteiger partial charge in [-0.05, 0) is 112 Å². The van der Waals surface area contributed by atoms with E-state index in [9.17, 15) is 9.59 Å². The molecule has 530 valence electrons. The number of carbonyl (C=O) groups is 2. The van der Waals surface area contributed by atoms with Gasteiger partial charge in [-0.15, -0.1) is 56.7 Å². The summed E-state index contributed by atoms with van der Waals surface area (Å²) in [6.45, 7) is 18.7. The number of rotatable bonds is 46. The van der Waals surface area contributed by atoms with Gasteiger partial charge < -0.3 is 0 Å². The van der Waals surface area contributed by atoms with E-state index in [1.807, 2.05) is 34.0 Å². The van der Waals surface area contributed by atoms with Crippen LogP contribution < -0.4 is 0 Å². The summed E-state index contributed by atoms with van der Waals surface area (Å²) in [6.07, 6.45) is 48.1. The van der Waals surface area contributed by atoms with Crippen molar-refractivity contribution in [3.63, 3.8) is 0 Å². The molecular weight excluding hydrogens is 1300 g/mol. The van der Waals surface area contributed by atoms with E-state index in [4.69, 9.17) is 0 Å². The molecule has 2 aliphatic rings. The maximum absolute atomic E-state index is 13.5. The molecule has 4 atom stereocenters. The Balaban J connectivity index is 1.13. The van der Waals surface area contributed by atoms with Crippen LogP contribution in [-0.2, 0) is 36.5 Å². The molecule has 9 aromatic rings. The van der Waals surface area contributed by atoms with Gasteiger partial charge in [-0.25, -0.2) is 0 Å². The Hall–Kier alpha value is -4.76. The second-order valence-electron chi connectivity index (χ2n) is 30.6. The lowest BCUT2D eigenvalue weighted by molar-refractivity contribution is 0.111. The van der Waals surface area contributed by atoms with E-state index in [0.29, 0.717) is 23.7 Å². The third-order valence-electron chi connectivity index (χ3n) is 23.2. The summed E-state index contributed by atoms with van der Waals surface area (Å²) in [6, 6.07) is 44.9. The lowest BCUT2D eigenvalue weighted by Crippen LogP contribution is -2.29. The van der Waals surface area contributed by atoms with Gasteiger partial charge in [0.2, 0.25) is 0 Å². The fourth-order valence-corrected chi connectivity index (χ4v) is 24.8. The summed E-state index contributed by atoms with van der Waals surface area (Å²) >= 11 is 9.40. The maximum Gasteiger partial charge on any atom is 0.160 e. The van der Waals surface area contributed by atoms with Crippen molar-refractivity contribution >= 4 is 88.1 Å². The molecule has 0 fully saturated rings. The number of thiophene rings is 5. The highest BCUT2D eigenvalue weighted by atomic mass is 32.1. The highest BCUT2D eigenvalue weighted by Crippen LogP contribution is 2.71. The molecule has 11 rings (SSSR count). The van der Waals surface area contributed by atoms with E-state index in [-0.39, 0.29) is 0 Å². The summed E-state index contributed by atoms with van der Waals surface area (Å²) in [5, 5.41) is 0. The van der Waals surface area contributed by atoms with E-state index in [2.05, 4.69) is 165 Å². The topological polar surface area (TPSA) is 34.1 Å². The van der Waals surface area contributed by atoms with Gasteiger partial charge in [0.05, 0.1) is 54.2 Å². The smallest absolute Gasteiger partial charge is 0.160 e. The third-order valence-corrected chi connectivity index (χ3v) is 29.5. The number of benzene rings is 4. The van der Waals surface area contributed by atoms with Crippen LogP contribution in [0.1, 0.15) is 347 Å². The minimum atomic E-state index is -0.668. The van der Waals surface area contributed by atoms with Gasteiger partial charge in [-0.2, -0.15) is 0 Å². The highest BCUT2D eigenvalue weighted by molar-refractivity contribution is 7.36. The first-order valence-corrected chi connectivity index (χ1v) is 44.3. The van der Waals surface area contributed by atoms with E-state index in [0.717, 1.165) is 48.0 Å². The molecule has 5 aromatic heterocycles.